The molecule has 104 valence electrons. The Morgan fingerprint density at radius 2 is 1.95 bits per heavy atom. The Balaban J connectivity index is 1.81. The van der Waals surface area contributed by atoms with Gasteiger partial charge in [0.2, 0.25) is 0 Å². The molecule has 1 aromatic carbocycles. The Morgan fingerprint density at radius 1 is 1.26 bits per heavy atom. The lowest BCUT2D eigenvalue weighted by Crippen LogP contribution is -2.34. The molecule has 0 radical (unpaired) electrons. The maximum Gasteiger partial charge on any atom is 0.185 e. The van der Waals surface area contributed by atoms with Crippen molar-refractivity contribution >= 4 is 17.6 Å². The van der Waals surface area contributed by atoms with Crippen molar-refractivity contribution in [3.05, 3.63) is 34.9 Å². The van der Waals surface area contributed by atoms with Crippen molar-refractivity contribution in [1.29, 1.82) is 0 Å². The second-order valence-corrected chi connectivity index (χ2v) is 5.48. The largest absolute Gasteiger partial charge is 0.370 e. The van der Waals surface area contributed by atoms with E-state index in [9.17, 15) is 0 Å². The maximum atomic E-state index is 6.18. The maximum absolute atomic E-state index is 6.18. The lowest BCUT2D eigenvalue weighted by molar-refractivity contribution is 0.180. The number of nitrogens with zero attached hydrogens (tertiary/aromatic N) is 2. The summed E-state index contributed by atoms with van der Waals surface area (Å²) in [5, 5.41) is 0.852. The highest BCUT2D eigenvalue weighted by molar-refractivity contribution is 6.31. The van der Waals surface area contributed by atoms with Crippen LogP contribution in [0, 0.1) is 5.92 Å². The van der Waals surface area contributed by atoms with Crippen LogP contribution in [-0.2, 0) is 6.54 Å². The van der Waals surface area contributed by atoms with Crippen molar-refractivity contribution in [2.75, 3.05) is 19.6 Å². The van der Waals surface area contributed by atoms with E-state index in [2.05, 4.69) is 16.0 Å². The molecule has 4 nitrogen and oxygen atoms in total. The van der Waals surface area contributed by atoms with E-state index < -0.39 is 0 Å². The molecule has 0 aromatic heterocycles. The van der Waals surface area contributed by atoms with Gasteiger partial charge in [0.05, 0.1) is 0 Å². The number of hydrogen-bond acceptors (Lipinski definition) is 2. The normalized spacial score (nSPS) is 17.3. The zero-order valence-corrected chi connectivity index (χ0v) is 11.8. The van der Waals surface area contributed by atoms with E-state index in [0.29, 0.717) is 5.92 Å². The smallest absolute Gasteiger partial charge is 0.185 e. The van der Waals surface area contributed by atoms with Gasteiger partial charge in [-0.2, -0.15) is 0 Å². The monoisotopic (exact) mass is 280 g/mol. The third-order valence-corrected chi connectivity index (χ3v) is 3.96. The summed E-state index contributed by atoms with van der Waals surface area (Å²) in [5.74, 6) is 0.795. The third kappa shape index (κ3) is 4.40. The predicted octanol–water partition coefficient (Wildman–Crippen LogP) is 1.83. The molecule has 5 heteroatoms. The first kappa shape index (κ1) is 14.2. The highest BCUT2D eigenvalue weighted by Gasteiger charge is 2.19. The zero-order valence-electron chi connectivity index (χ0n) is 11.1. The van der Waals surface area contributed by atoms with E-state index in [4.69, 9.17) is 23.1 Å². The minimum Gasteiger partial charge on any atom is -0.370 e. The highest BCUT2D eigenvalue weighted by Crippen LogP contribution is 2.22. The van der Waals surface area contributed by atoms with Crippen molar-refractivity contribution in [2.45, 2.75) is 19.4 Å². The van der Waals surface area contributed by atoms with Crippen LogP contribution in [0.2, 0.25) is 5.02 Å². The second kappa shape index (κ2) is 6.78. The van der Waals surface area contributed by atoms with E-state index in [1.807, 2.05) is 18.2 Å². The van der Waals surface area contributed by atoms with Crippen LogP contribution in [-0.4, -0.2) is 30.5 Å². The summed E-state index contributed by atoms with van der Waals surface area (Å²) in [6.07, 6.45) is 2.28. The molecule has 0 aliphatic carbocycles. The number of hydrogen-bond donors (Lipinski definition) is 2. The molecule has 4 N–H and O–H groups in total. The number of piperidine rings is 1. The first-order valence-corrected chi connectivity index (χ1v) is 7.04. The van der Waals surface area contributed by atoms with Gasteiger partial charge in [-0.1, -0.05) is 29.8 Å². The van der Waals surface area contributed by atoms with Crippen LogP contribution in [0.15, 0.2) is 29.3 Å². The van der Waals surface area contributed by atoms with Crippen molar-refractivity contribution in [3.63, 3.8) is 0 Å². The SMILES string of the molecule is NC(N)=NCC1CCN(Cc2ccccc2Cl)CC1. The Hall–Kier alpha value is -1.26. The fraction of sp³-hybridized carbons (Fsp3) is 0.500. The predicted molar refractivity (Wildman–Crippen MR) is 80.1 cm³/mol. The van der Waals surface area contributed by atoms with Crippen LogP contribution in [0.25, 0.3) is 0 Å². The molecular weight excluding hydrogens is 260 g/mol. The molecule has 0 atom stereocenters. The van der Waals surface area contributed by atoms with Gasteiger partial charge in [0.15, 0.2) is 5.96 Å². The van der Waals surface area contributed by atoms with Gasteiger partial charge in [0, 0.05) is 18.1 Å². The summed E-state index contributed by atoms with van der Waals surface area (Å²) in [4.78, 5) is 6.54. The second-order valence-electron chi connectivity index (χ2n) is 5.08. The average molecular weight is 281 g/mol. The molecule has 1 aliphatic heterocycles. The van der Waals surface area contributed by atoms with Gasteiger partial charge < -0.3 is 11.5 Å². The number of benzene rings is 1. The number of nitrogens with two attached hydrogens (primary N) is 2. The number of halogens is 1. The topological polar surface area (TPSA) is 67.6 Å². The van der Waals surface area contributed by atoms with Gasteiger partial charge in [-0.05, 0) is 43.5 Å². The van der Waals surface area contributed by atoms with Crippen LogP contribution in [0.1, 0.15) is 18.4 Å². The summed E-state index contributed by atoms with van der Waals surface area (Å²) >= 11 is 6.18. The summed E-state index contributed by atoms with van der Waals surface area (Å²) in [5.41, 5.74) is 11.9. The van der Waals surface area contributed by atoms with Crippen LogP contribution in [0.4, 0.5) is 0 Å². The Labute approximate surface area is 119 Å². The van der Waals surface area contributed by atoms with Gasteiger partial charge >= 0.3 is 0 Å². The van der Waals surface area contributed by atoms with Gasteiger partial charge in [0.1, 0.15) is 0 Å². The fourth-order valence-electron chi connectivity index (χ4n) is 2.43. The molecule has 2 rings (SSSR count). The summed E-state index contributed by atoms with van der Waals surface area (Å²) in [6.45, 7) is 3.84. The van der Waals surface area contributed by atoms with E-state index in [0.717, 1.165) is 44.0 Å². The molecule has 19 heavy (non-hydrogen) atoms. The molecule has 1 aliphatic rings. The molecule has 0 spiro atoms. The van der Waals surface area contributed by atoms with E-state index >= 15 is 0 Å². The van der Waals surface area contributed by atoms with Crippen LogP contribution in [0.5, 0.6) is 0 Å². The molecule has 0 amide bonds. The Morgan fingerprint density at radius 3 is 2.58 bits per heavy atom. The van der Waals surface area contributed by atoms with E-state index in [1.54, 1.807) is 0 Å². The fourth-order valence-corrected chi connectivity index (χ4v) is 2.62. The Bertz CT molecular complexity index is 435. The standard InChI is InChI=1S/C14H21ClN4/c15-13-4-2-1-3-12(13)10-19-7-5-11(6-8-19)9-18-14(16)17/h1-4,11H,5-10H2,(H4,16,17,18). The minimum atomic E-state index is 0.193. The molecule has 0 unspecified atom stereocenters. The van der Waals surface area contributed by atoms with Crippen molar-refractivity contribution < 1.29 is 0 Å². The summed E-state index contributed by atoms with van der Waals surface area (Å²) in [6, 6.07) is 8.04. The number of likely N-dealkylation sites (tertiary alicyclic amines) is 1. The lowest BCUT2D eigenvalue weighted by Gasteiger charge is -2.31. The molecule has 1 saturated heterocycles. The molecule has 0 saturated carbocycles. The van der Waals surface area contributed by atoms with E-state index in [1.165, 1.54) is 5.56 Å². The van der Waals surface area contributed by atoms with Crippen LogP contribution in [0.3, 0.4) is 0 Å². The average Bonchev–Trinajstić information content (AvgIpc) is 2.40. The summed E-state index contributed by atoms with van der Waals surface area (Å²) < 4.78 is 0. The highest BCUT2D eigenvalue weighted by atomic mass is 35.5. The van der Waals surface area contributed by atoms with Gasteiger partial charge in [-0.3, -0.25) is 9.89 Å². The Kier molecular flexibility index (Phi) is 5.05. The first-order chi connectivity index (χ1) is 9.15. The molecular formula is C14H21ClN4. The molecule has 1 fully saturated rings. The van der Waals surface area contributed by atoms with Crippen LogP contribution >= 0.6 is 11.6 Å². The summed E-state index contributed by atoms with van der Waals surface area (Å²) in [7, 11) is 0. The molecule has 1 aromatic rings. The van der Waals surface area contributed by atoms with Gasteiger partial charge in [0.25, 0.3) is 0 Å². The molecule has 1 heterocycles. The zero-order chi connectivity index (χ0) is 13.7. The lowest BCUT2D eigenvalue weighted by atomic mass is 9.96. The van der Waals surface area contributed by atoms with Crippen molar-refractivity contribution in [2.24, 2.45) is 22.4 Å². The third-order valence-electron chi connectivity index (χ3n) is 3.59. The van der Waals surface area contributed by atoms with E-state index in [-0.39, 0.29) is 5.96 Å². The van der Waals surface area contributed by atoms with Crippen LogP contribution < -0.4 is 11.5 Å². The van der Waals surface area contributed by atoms with Crippen molar-refractivity contribution in [1.82, 2.24) is 4.90 Å². The minimum absolute atomic E-state index is 0.193. The number of rotatable bonds is 4. The molecule has 0 bridgehead atoms. The first-order valence-electron chi connectivity index (χ1n) is 6.66. The number of guanidine groups is 1. The van der Waals surface area contributed by atoms with Gasteiger partial charge in [-0.15, -0.1) is 0 Å². The van der Waals surface area contributed by atoms with Crippen molar-refractivity contribution in [3.8, 4) is 0 Å². The quantitative estimate of drug-likeness (QED) is 0.653. The number of aliphatic imine (C=N–C) groups is 1. The van der Waals surface area contributed by atoms with Gasteiger partial charge in [-0.25, -0.2) is 0 Å².